The molecule has 0 radical (unpaired) electrons. The van der Waals surface area contributed by atoms with Crippen LogP contribution in [0.4, 0.5) is 0 Å². The number of hydrogen-bond donors (Lipinski definition) is 18. The highest BCUT2D eigenvalue weighted by Gasteiger charge is 2.59. The molecule has 6 aliphatic rings. The molecule has 0 aromatic carbocycles. The minimum absolute atomic E-state index is 0.894. The van der Waals surface area contributed by atoms with Gasteiger partial charge in [-0.2, -0.15) is 0 Å². The summed E-state index contributed by atoms with van der Waals surface area (Å²) in [5, 5.41) is 184. The normalized spacial score (nSPS) is 52.6. The molecule has 396 valence electrons. The highest BCUT2D eigenvalue weighted by atomic mass is 16.8. The van der Waals surface area contributed by atoms with Crippen LogP contribution in [0.2, 0.25) is 0 Å². The van der Waals surface area contributed by atoms with Crippen LogP contribution in [0.15, 0.2) is 0 Å². The maximum Gasteiger partial charge on any atom is 0.217 e. The highest BCUT2D eigenvalue weighted by molar-refractivity contribution is 5.73. The molecule has 68 heavy (non-hydrogen) atoms. The number of hydrogen-bond acceptors (Lipinski definition) is 29. The van der Waals surface area contributed by atoms with E-state index in [1.807, 2.05) is 0 Å². The molecule has 6 aliphatic heterocycles. The van der Waals surface area contributed by atoms with E-state index < -0.39 is 217 Å². The first-order chi connectivity index (χ1) is 32.1. The zero-order valence-electron chi connectivity index (χ0n) is 36.7. The van der Waals surface area contributed by atoms with E-state index in [1.54, 1.807) is 0 Å². The van der Waals surface area contributed by atoms with E-state index in [4.69, 9.17) is 52.1 Å². The Kier molecular flexibility index (Phi) is 19.2. The Morgan fingerprint density at radius 2 is 0.794 bits per heavy atom. The zero-order valence-corrected chi connectivity index (χ0v) is 36.7. The molecule has 0 saturated carbocycles. The molecule has 0 bridgehead atoms. The van der Waals surface area contributed by atoms with Crippen LogP contribution in [0, 0.1) is 0 Å². The maximum absolute atomic E-state index is 13.1. The third-order valence-electron chi connectivity index (χ3n) is 12.8. The summed E-state index contributed by atoms with van der Waals surface area (Å²) in [5.74, 6) is -0.894. The lowest BCUT2D eigenvalue weighted by molar-refractivity contribution is -0.400. The average Bonchev–Trinajstić information content (AvgIpc) is 3.31. The Labute approximate surface area is 386 Å². The minimum Gasteiger partial charge on any atom is -0.394 e. The second-order valence-corrected chi connectivity index (χ2v) is 17.5. The molecule has 18 N–H and O–H groups in total. The summed E-state index contributed by atoms with van der Waals surface area (Å²) < 4.78 is 63.9. The van der Waals surface area contributed by atoms with Crippen LogP contribution in [-0.2, 0) is 56.9 Å². The van der Waals surface area contributed by atoms with Gasteiger partial charge in [0.1, 0.15) is 134 Å². The second-order valence-electron chi connectivity index (χ2n) is 17.5. The van der Waals surface area contributed by atoms with E-state index in [0.717, 1.165) is 6.92 Å². The summed E-state index contributed by atoms with van der Waals surface area (Å²) in [6, 6.07) is -1.86. The summed E-state index contributed by atoms with van der Waals surface area (Å²) in [7, 11) is 0. The predicted molar refractivity (Wildman–Crippen MR) is 208 cm³/mol. The fourth-order valence-electron chi connectivity index (χ4n) is 8.78. The number of nitrogens with one attached hydrogen (secondary N) is 1. The molecule has 0 unspecified atom stereocenters. The maximum atomic E-state index is 13.1. The standard InChI is InChI=1S/C38H65NO29/c1-8-16(45)20(49)25(54)35(58-8)65-29-14(7-43)63-34(67-31-19(48)12(5-41)61-37(27(31)56)64-28-13(6-42)60-33(57)24(53)23(28)52)15(39-10(3)44)30(29)66-38-32(22(51)18(47)11(4-40)62-38)68-36-26(55)21(50)17(46)9(2)59-36/h8-9,11-38,40-43,45-57H,4-7H2,1-3H3,(H,39,44)/t8-,9-,11+,12+,13+,14+,15+,16+,17+,18-,19-,20+,21+,22-,23-,24-,25-,26-,27+,28+,29+,30+,31-,32+,33-,34-,35-,36-,37-,38-/m0/s1. The molecular weight excluding hydrogens is 934 g/mol. The molecule has 6 heterocycles. The van der Waals surface area contributed by atoms with E-state index >= 15 is 0 Å². The van der Waals surface area contributed by atoms with Gasteiger partial charge in [0.2, 0.25) is 5.91 Å². The molecule has 30 heteroatoms. The van der Waals surface area contributed by atoms with Gasteiger partial charge in [-0.3, -0.25) is 4.79 Å². The van der Waals surface area contributed by atoms with Gasteiger partial charge < -0.3 is 144 Å². The van der Waals surface area contributed by atoms with Crippen molar-refractivity contribution in [2.75, 3.05) is 26.4 Å². The minimum atomic E-state index is -2.19. The van der Waals surface area contributed by atoms with Gasteiger partial charge in [0.05, 0.1) is 38.6 Å². The Hall–Kier alpha value is -1.65. The fourth-order valence-corrected chi connectivity index (χ4v) is 8.78. The van der Waals surface area contributed by atoms with Gasteiger partial charge in [0.15, 0.2) is 37.7 Å². The van der Waals surface area contributed by atoms with E-state index in [1.165, 1.54) is 13.8 Å². The Morgan fingerprint density at radius 3 is 1.32 bits per heavy atom. The molecule has 6 rings (SSSR count). The molecule has 0 aliphatic carbocycles. The van der Waals surface area contributed by atoms with Crippen LogP contribution >= 0.6 is 0 Å². The van der Waals surface area contributed by atoms with Gasteiger partial charge in [-0.15, -0.1) is 0 Å². The van der Waals surface area contributed by atoms with Crippen LogP contribution in [0.1, 0.15) is 20.8 Å². The third-order valence-corrected chi connectivity index (χ3v) is 12.8. The van der Waals surface area contributed by atoms with E-state index in [0.29, 0.717) is 0 Å². The number of aliphatic hydroxyl groups excluding tert-OH is 17. The molecule has 0 aromatic rings. The molecule has 6 saturated heterocycles. The second kappa shape index (κ2) is 23.5. The quantitative estimate of drug-likeness (QED) is 0.0724. The van der Waals surface area contributed by atoms with Crippen LogP contribution < -0.4 is 5.32 Å². The van der Waals surface area contributed by atoms with Crippen molar-refractivity contribution in [3.05, 3.63) is 0 Å². The van der Waals surface area contributed by atoms with Gasteiger partial charge >= 0.3 is 0 Å². The predicted octanol–water partition coefficient (Wildman–Crippen LogP) is -11.9. The highest BCUT2D eigenvalue weighted by Crippen LogP contribution is 2.38. The van der Waals surface area contributed by atoms with Crippen molar-refractivity contribution < 1.29 is 144 Å². The number of ether oxygens (including phenoxy) is 11. The van der Waals surface area contributed by atoms with Gasteiger partial charge in [-0.25, -0.2) is 0 Å². The number of aliphatic hydroxyl groups is 17. The molecule has 6 fully saturated rings. The van der Waals surface area contributed by atoms with Crippen molar-refractivity contribution in [3.63, 3.8) is 0 Å². The Bertz CT molecular complexity index is 1590. The van der Waals surface area contributed by atoms with Crippen molar-refractivity contribution >= 4 is 5.91 Å². The van der Waals surface area contributed by atoms with Crippen LogP contribution in [0.3, 0.4) is 0 Å². The van der Waals surface area contributed by atoms with Gasteiger partial charge in [0, 0.05) is 6.92 Å². The molecule has 30 atom stereocenters. The SMILES string of the molecule is CC(=O)N[C@H]1[C@H](O[C@H]2[C@@H](O)[C@@H](CO)O[C@@H](O[C@H]3[C@@H](O)[C@H](O)[C@@H](O)O[C@@H]3CO)[C@@H]2O)O[C@H](CO)[C@@H](O[C@@H]2O[C@@H](C)[C@@H](O)[C@@H](O)[C@@H]2O)[C@@H]1O[C@@H]1O[C@H](CO)[C@H](O)[C@H](O)[C@H]1O[C@@H]1O[C@@H](C)[C@@H](O)[C@@H](O)[C@@H]1O. The number of carbonyl (C=O) groups excluding carboxylic acids is 1. The summed E-state index contributed by atoms with van der Waals surface area (Å²) >= 11 is 0. The van der Waals surface area contributed by atoms with Crippen LogP contribution in [0.5, 0.6) is 0 Å². The van der Waals surface area contributed by atoms with Crippen molar-refractivity contribution in [3.8, 4) is 0 Å². The van der Waals surface area contributed by atoms with Crippen molar-refractivity contribution in [1.82, 2.24) is 5.32 Å². The summed E-state index contributed by atoms with van der Waals surface area (Å²) in [4.78, 5) is 13.1. The molecule has 0 aromatic heterocycles. The van der Waals surface area contributed by atoms with Crippen LogP contribution in [-0.4, -0.2) is 303 Å². The molecule has 1 amide bonds. The molecular formula is C38H65NO29. The third kappa shape index (κ3) is 11.4. The summed E-state index contributed by atoms with van der Waals surface area (Å²) in [6.07, 6.45) is -54.0. The number of carbonyl (C=O) groups is 1. The molecule has 30 nitrogen and oxygen atoms in total. The van der Waals surface area contributed by atoms with Crippen molar-refractivity contribution in [2.45, 2.75) is 205 Å². The molecule has 0 spiro atoms. The van der Waals surface area contributed by atoms with Crippen LogP contribution in [0.25, 0.3) is 0 Å². The first kappa shape index (κ1) is 55.7. The van der Waals surface area contributed by atoms with Gasteiger partial charge in [-0.1, -0.05) is 0 Å². The largest absolute Gasteiger partial charge is 0.394 e. The van der Waals surface area contributed by atoms with Crippen molar-refractivity contribution in [2.24, 2.45) is 0 Å². The van der Waals surface area contributed by atoms with E-state index in [9.17, 15) is 91.6 Å². The Balaban J connectivity index is 1.39. The van der Waals surface area contributed by atoms with E-state index in [2.05, 4.69) is 5.32 Å². The summed E-state index contributed by atoms with van der Waals surface area (Å²) in [5.41, 5.74) is 0. The lowest BCUT2D eigenvalue weighted by atomic mass is 9.93. The smallest absolute Gasteiger partial charge is 0.217 e. The summed E-state index contributed by atoms with van der Waals surface area (Å²) in [6.45, 7) is -0.357. The number of amides is 1. The van der Waals surface area contributed by atoms with E-state index in [-0.39, 0.29) is 0 Å². The topological polar surface area (TPSA) is 475 Å². The lowest BCUT2D eigenvalue weighted by Gasteiger charge is -2.52. The first-order valence-electron chi connectivity index (χ1n) is 21.8. The lowest BCUT2D eigenvalue weighted by Crippen LogP contribution is -2.71. The first-order valence-corrected chi connectivity index (χ1v) is 21.8. The van der Waals surface area contributed by atoms with Gasteiger partial charge in [-0.05, 0) is 13.8 Å². The fraction of sp³-hybridized carbons (Fsp3) is 0.974. The van der Waals surface area contributed by atoms with Crippen molar-refractivity contribution in [1.29, 1.82) is 0 Å². The average molecular weight is 1000 g/mol. The monoisotopic (exact) mass is 999 g/mol. The zero-order chi connectivity index (χ0) is 50.2. The number of rotatable bonds is 15. The Morgan fingerprint density at radius 1 is 0.382 bits per heavy atom. The van der Waals surface area contributed by atoms with Gasteiger partial charge in [0.25, 0.3) is 0 Å².